The van der Waals surface area contributed by atoms with E-state index in [9.17, 15) is 9.59 Å². The van der Waals surface area contributed by atoms with Gasteiger partial charge in [-0.2, -0.15) is 0 Å². The number of aromatic amines is 1. The lowest BCUT2D eigenvalue weighted by molar-refractivity contribution is -0.142. The fraction of sp³-hybridized carbons (Fsp3) is 0.250. The average Bonchev–Trinajstić information content (AvgIpc) is 2.36. The number of esters is 1. The summed E-state index contributed by atoms with van der Waals surface area (Å²) in [6, 6.07) is 5.00. The van der Waals surface area contributed by atoms with Crippen molar-refractivity contribution in [3.05, 3.63) is 34.4 Å². The Morgan fingerprint density at radius 3 is 2.89 bits per heavy atom. The SMILES string of the molecule is COc1ccc2nc(COC(C)=O)[nH]c(=O)c2c1. The van der Waals surface area contributed by atoms with Gasteiger partial charge >= 0.3 is 5.97 Å². The second-order valence-electron chi connectivity index (χ2n) is 3.68. The van der Waals surface area contributed by atoms with E-state index in [0.717, 1.165) is 0 Å². The number of nitrogens with zero attached hydrogens (tertiary/aromatic N) is 1. The van der Waals surface area contributed by atoms with Crippen molar-refractivity contribution in [2.75, 3.05) is 7.11 Å². The smallest absolute Gasteiger partial charge is 0.303 e. The third-order valence-corrected chi connectivity index (χ3v) is 2.37. The number of fused-ring (bicyclic) bond motifs is 1. The highest BCUT2D eigenvalue weighted by molar-refractivity contribution is 5.79. The summed E-state index contributed by atoms with van der Waals surface area (Å²) in [5.41, 5.74) is 0.239. The van der Waals surface area contributed by atoms with Crippen LogP contribution in [-0.2, 0) is 16.1 Å². The Balaban J connectivity index is 2.43. The molecule has 1 aromatic heterocycles. The van der Waals surface area contributed by atoms with Crippen LogP contribution >= 0.6 is 0 Å². The van der Waals surface area contributed by atoms with Crippen LogP contribution < -0.4 is 10.3 Å². The number of rotatable bonds is 3. The summed E-state index contributed by atoms with van der Waals surface area (Å²) < 4.78 is 9.82. The van der Waals surface area contributed by atoms with Gasteiger partial charge in [0.25, 0.3) is 5.56 Å². The Bertz CT molecular complexity index is 648. The molecule has 0 radical (unpaired) electrons. The molecule has 1 N–H and O–H groups in total. The zero-order valence-corrected chi connectivity index (χ0v) is 10.0. The monoisotopic (exact) mass is 248 g/mol. The second kappa shape index (κ2) is 4.87. The number of carbonyl (C=O) groups excluding carboxylic acids is 1. The standard InChI is InChI=1S/C12H12N2O4/c1-7(15)18-6-11-13-10-4-3-8(17-2)5-9(10)12(16)14-11/h3-5H,6H2,1-2H3,(H,13,14,16). The summed E-state index contributed by atoms with van der Waals surface area (Å²) >= 11 is 0. The van der Waals surface area contributed by atoms with E-state index in [1.165, 1.54) is 14.0 Å². The van der Waals surface area contributed by atoms with Crippen LogP contribution in [0.2, 0.25) is 0 Å². The molecule has 0 spiro atoms. The maximum atomic E-state index is 11.8. The van der Waals surface area contributed by atoms with Gasteiger partial charge in [-0.25, -0.2) is 4.98 Å². The number of hydrogen-bond acceptors (Lipinski definition) is 5. The van der Waals surface area contributed by atoms with Gasteiger partial charge in [0.15, 0.2) is 0 Å². The fourth-order valence-electron chi connectivity index (χ4n) is 1.53. The number of methoxy groups -OCH3 is 1. The van der Waals surface area contributed by atoms with Crippen molar-refractivity contribution >= 4 is 16.9 Å². The lowest BCUT2D eigenvalue weighted by Crippen LogP contribution is -2.13. The van der Waals surface area contributed by atoms with E-state index in [0.29, 0.717) is 22.5 Å². The van der Waals surface area contributed by atoms with Crippen molar-refractivity contribution in [1.29, 1.82) is 0 Å². The molecular weight excluding hydrogens is 236 g/mol. The normalized spacial score (nSPS) is 10.3. The number of carbonyl (C=O) groups is 1. The number of ether oxygens (including phenoxy) is 2. The number of H-pyrrole nitrogens is 1. The summed E-state index contributed by atoms with van der Waals surface area (Å²) in [7, 11) is 1.53. The van der Waals surface area contributed by atoms with Crippen LogP contribution in [0.1, 0.15) is 12.7 Å². The number of nitrogens with one attached hydrogen (secondary N) is 1. The van der Waals surface area contributed by atoms with Crippen LogP contribution in [0.4, 0.5) is 0 Å². The summed E-state index contributed by atoms with van der Waals surface area (Å²) in [6.45, 7) is 1.25. The molecule has 0 saturated carbocycles. The molecule has 1 heterocycles. The zero-order chi connectivity index (χ0) is 13.1. The van der Waals surface area contributed by atoms with Gasteiger partial charge in [0, 0.05) is 6.92 Å². The molecule has 2 rings (SSSR count). The highest BCUT2D eigenvalue weighted by Gasteiger charge is 2.06. The summed E-state index contributed by atoms with van der Waals surface area (Å²) in [6.07, 6.45) is 0. The fourth-order valence-corrected chi connectivity index (χ4v) is 1.53. The van der Waals surface area contributed by atoms with Crippen molar-refractivity contribution in [1.82, 2.24) is 9.97 Å². The van der Waals surface area contributed by atoms with E-state index >= 15 is 0 Å². The van der Waals surface area contributed by atoms with Gasteiger partial charge < -0.3 is 14.5 Å². The van der Waals surface area contributed by atoms with Crippen LogP contribution in [0, 0.1) is 0 Å². The molecule has 18 heavy (non-hydrogen) atoms. The Hall–Kier alpha value is -2.37. The quantitative estimate of drug-likeness (QED) is 0.819. The summed E-state index contributed by atoms with van der Waals surface area (Å²) in [5.74, 6) is 0.475. The van der Waals surface area contributed by atoms with Crippen molar-refractivity contribution in [3.8, 4) is 5.75 Å². The first-order valence-corrected chi connectivity index (χ1v) is 5.30. The minimum atomic E-state index is -0.424. The lowest BCUT2D eigenvalue weighted by Gasteiger charge is -2.04. The van der Waals surface area contributed by atoms with E-state index in [1.54, 1.807) is 18.2 Å². The van der Waals surface area contributed by atoms with Crippen LogP contribution in [0.5, 0.6) is 5.75 Å². The maximum absolute atomic E-state index is 11.8. The molecule has 0 amide bonds. The van der Waals surface area contributed by atoms with Crippen LogP contribution in [0.15, 0.2) is 23.0 Å². The molecule has 6 nitrogen and oxygen atoms in total. The van der Waals surface area contributed by atoms with Gasteiger partial charge in [-0.1, -0.05) is 0 Å². The van der Waals surface area contributed by atoms with E-state index in [2.05, 4.69) is 9.97 Å². The molecule has 94 valence electrons. The molecule has 0 bridgehead atoms. The predicted octanol–water partition coefficient (Wildman–Crippen LogP) is 0.995. The third kappa shape index (κ3) is 2.48. The van der Waals surface area contributed by atoms with Gasteiger partial charge in [0.2, 0.25) is 0 Å². The Kier molecular flexibility index (Phi) is 3.27. The average molecular weight is 248 g/mol. The van der Waals surface area contributed by atoms with Crippen molar-refractivity contribution < 1.29 is 14.3 Å². The molecule has 0 aliphatic rings. The van der Waals surface area contributed by atoms with Crippen molar-refractivity contribution in [3.63, 3.8) is 0 Å². The molecule has 0 atom stereocenters. The molecule has 1 aromatic carbocycles. The molecule has 0 saturated heterocycles. The minimum Gasteiger partial charge on any atom is -0.497 e. The van der Waals surface area contributed by atoms with E-state index < -0.39 is 5.97 Å². The first kappa shape index (κ1) is 12.1. The predicted molar refractivity (Wildman–Crippen MR) is 64.4 cm³/mol. The van der Waals surface area contributed by atoms with E-state index in [-0.39, 0.29) is 12.2 Å². The van der Waals surface area contributed by atoms with E-state index in [1.807, 2.05) is 0 Å². The molecule has 0 aliphatic heterocycles. The number of hydrogen-bond donors (Lipinski definition) is 1. The van der Waals surface area contributed by atoms with Crippen molar-refractivity contribution in [2.24, 2.45) is 0 Å². The van der Waals surface area contributed by atoms with Gasteiger partial charge in [-0.15, -0.1) is 0 Å². The van der Waals surface area contributed by atoms with Crippen molar-refractivity contribution in [2.45, 2.75) is 13.5 Å². The Labute approximate surface area is 103 Å². The van der Waals surface area contributed by atoms with Gasteiger partial charge in [-0.05, 0) is 18.2 Å². The highest BCUT2D eigenvalue weighted by Crippen LogP contribution is 2.16. The van der Waals surface area contributed by atoms with Gasteiger partial charge in [0.05, 0.1) is 18.0 Å². The molecule has 2 aromatic rings. The lowest BCUT2D eigenvalue weighted by atomic mass is 10.2. The van der Waals surface area contributed by atoms with Crippen LogP contribution in [-0.4, -0.2) is 23.0 Å². The molecule has 0 unspecified atom stereocenters. The first-order valence-electron chi connectivity index (χ1n) is 5.30. The van der Waals surface area contributed by atoms with E-state index in [4.69, 9.17) is 9.47 Å². The molecule has 0 aliphatic carbocycles. The second-order valence-corrected chi connectivity index (χ2v) is 3.68. The summed E-state index contributed by atoms with van der Waals surface area (Å²) in [5, 5.41) is 0.431. The number of benzene rings is 1. The minimum absolute atomic E-state index is 0.0491. The van der Waals surface area contributed by atoms with Gasteiger partial charge in [0.1, 0.15) is 18.2 Å². The molecular formula is C12H12N2O4. The Morgan fingerprint density at radius 1 is 1.44 bits per heavy atom. The summed E-state index contributed by atoms with van der Waals surface area (Å²) in [4.78, 5) is 29.3. The largest absolute Gasteiger partial charge is 0.497 e. The topological polar surface area (TPSA) is 81.3 Å². The molecule has 0 fully saturated rings. The number of aromatic nitrogens is 2. The van der Waals surface area contributed by atoms with Crippen LogP contribution in [0.25, 0.3) is 10.9 Å². The zero-order valence-electron chi connectivity index (χ0n) is 10.0. The van der Waals surface area contributed by atoms with Crippen LogP contribution in [0.3, 0.4) is 0 Å². The maximum Gasteiger partial charge on any atom is 0.303 e. The molecule has 6 heteroatoms. The Morgan fingerprint density at radius 2 is 2.22 bits per heavy atom. The van der Waals surface area contributed by atoms with Gasteiger partial charge in [-0.3, -0.25) is 9.59 Å². The highest BCUT2D eigenvalue weighted by atomic mass is 16.5. The third-order valence-electron chi connectivity index (χ3n) is 2.37. The first-order chi connectivity index (χ1) is 8.60.